The summed E-state index contributed by atoms with van der Waals surface area (Å²) in [5, 5.41) is 4.05. The maximum absolute atomic E-state index is 13.1. The van der Waals surface area contributed by atoms with Crippen molar-refractivity contribution in [3.8, 4) is 5.75 Å². The van der Waals surface area contributed by atoms with E-state index < -0.39 is 10.0 Å². The van der Waals surface area contributed by atoms with Crippen molar-refractivity contribution in [2.45, 2.75) is 37.1 Å². The first kappa shape index (κ1) is 19.7. The Hall–Kier alpha value is -2.64. The zero-order valence-electron chi connectivity index (χ0n) is 16.6. The van der Waals surface area contributed by atoms with E-state index >= 15 is 0 Å². The number of piperidine rings is 1. The Morgan fingerprint density at radius 1 is 1.10 bits per heavy atom. The molecule has 2 heterocycles. The van der Waals surface area contributed by atoms with Crippen LogP contribution in [0.2, 0.25) is 0 Å². The van der Waals surface area contributed by atoms with E-state index in [4.69, 9.17) is 4.74 Å². The van der Waals surface area contributed by atoms with E-state index in [-0.39, 0.29) is 6.04 Å². The van der Waals surface area contributed by atoms with Gasteiger partial charge in [-0.1, -0.05) is 12.5 Å². The summed E-state index contributed by atoms with van der Waals surface area (Å²) in [6, 6.07) is 16.5. The summed E-state index contributed by atoms with van der Waals surface area (Å²) in [4.78, 5) is 4.94. The average Bonchev–Trinajstić information content (AvgIpc) is 2.73. The number of rotatable bonds is 5. The third kappa shape index (κ3) is 4.06. The molecule has 1 aliphatic heterocycles. The molecule has 0 saturated carbocycles. The highest BCUT2D eigenvalue weighted by molar-refractivity contribution is 7.89. The highest BCUT2D eigenvalue weighted by Gasteiger charge is 2.31. The van der Waals surface area contributed by atoms with E-state index in [1.54, 1.807) is 29.6 Å². The molecule has 152 valence electrons. The third-order valence-electron chi connectivity index (χ3n) is 5.35. The van der Waals surface area contributed by atoms with Gasteiger partial charge in [-0.15, -0.1) is 0 Å². The van der Waals surface area contributed by atoms with E-state index in [1.807, 2.05) is 43.3 Å². The maximum atomic E-state index is 13.1. The van der Waals surface area contributed by atoms with Gasteiger partial charge in [0.2, 0.25) is 10.0 Å². The molecule has 0 unspecified atom stereocenters. The summed E-state index contributed by atoms with van der Waals surface area (Å²) in [6.07, 6.45) is 2.91. The molecule has 1 aromatic heterocycles. The van der Waals surface area contributed by atoms with Gasteiger partial charge in [-0.2, -0.15) is 4.31 Å². The van der Waals surface area contributed by atoms with Crippen LogP contribution in [0.1, 0.15) is 26.2 Å². The number of pyridine rings is 1. The van der Waals surface area contributed by atoms with Crippen molar-refractivity contribution in [3.63, 3.8) is 0 Å². The van der Waals surface area contributed by atoms with Crippen molar-refractivity contribution >= 4 is 32.4 Å². The van der Waals surface area contributed by atoms with Gasteiger partial charge >= 0.3 is 0 Å². The van der Waals surface area contributed by atoms with Crippen LogP contribution in [0.25, 0.3) is 10.9 Å². The minimum Gasteiger partial charge on any atom is -0.497 e. The van der Waals surface area contributed by atoms with E-state index in [1.165, 1.54) is 0 Å². The summed E-state index contributed by atoms with van der Waals surface area (Å²) in [5.41, 5.74) is 1.61. The van der Waals surface area contributed by atoms with Crippen LogP contribution in [-0.2, 0) is 10.0 Å². The SMILES string of the molecule is COc1cccc(Nc2ccc3cc(S(=O)(=O)N4CCCC[C@H]4C)ccc3n2)c1. The molecule has 7 heteroatoms. The number of benzene rings is 2. The Morgan fingerprint density at radius 2 is 1.97 bits per heavy atom. The molecule has 1 atom stereocenters. The molecule has 3 aromatic rings. The first-order valence-corrected chi connectivity index (χ1v) is 11.2. The molecule has 4 rings (SSSR count). The van der Waals surface area contributed by atoms with E-state index in [0.29, 0.717) is 17.3 Å². The number of hydrogen-bond donors (Lipinski definition) is 1. The fourth-order valence-electron chi connectivity index (χ4n) is 3.75. The van der Waals surface area contributed by atoms with Gasteiger partial charge in [0.25, 0.3) is 0 Å². The second-order valence-corrected chi connectivity index (χ2v) is 9.26. The molecule has 1 fully saturated rings. The van der Waals surface area contributed by atoms with Crippen LogP contribution in [0.5, 0.6) is 5.75 Å². The molecule has 29 heavy (non-hydrogen) atoms. The van der Waals surface area contributed by atoms with Crippen molar-refractivity contribution in [2.75, 3.05) is 19.0 Å². The smallest absolute Gasteiger partial charge is 0.243 e. The van der Waals surface area contributed by atoms with Crippen molar-refractivity contribution in [1.29, 1.82) is 0 Å². The second-order valence-electron chi connectivity index (χ2n) is 7.37. The highest BCUT2D eigenvalue weighted by Crippen LogP contribution is 2.28. The van der Waals surface area contributed by atoms with Crippen LogP contribution in [0.3, 0.4) is 0 Å². The Bertz CT molecular complexity index is 1130. The number of fused-ring (bicyclic) bond motifs is 1. The quantitative estimate of drug-likeness (QED) is 0.667. The van der Waals surface area contributed by atoms with Crippen LogP contribution in [0, 0.1) is 0 Å². The Balaban J connectivity index is 1.61. The number of hydrogen-bond acceptors (Lipinski definition) is 5. The van der Waals surface area contributed by atoms with Gasteiger partial charge in [0.05, 0.1) is 17.5 Å². The van der Waals surface area contributed by atoms with Crippen molar-refractivity contribution in [2.24, 2.45) is 0 Å². The minimum atomic E-state index is -3.49. The van der Waals surface area contributed by atoms with Crippen molar-refractivity contribution in [1.82, 2.24) is 9.29 Å². The maximum Gasteiger partial charge on any atom is 0.243 e. The summed E-state index contributed by atoms with van der Waals surface area (Å²) in [5.74, 6) is 1.45. The zero-order chi connectivity index (χ0) is 20.4. The molecule has 0 bridgehead atoms. The van der Waals surface area contributed by atoms with Crippen molar-refractivity contribution < 1.29 is 13.2 Å². The molecular weight excluding hydrogens is 386 g/mol. The largest absolute Gasteiger partial charge is 0.497 e. The fraction of sp³-hybridized carbons (Fsp3) is 0.318. The molecule has 1 aliphatic rings. The molecule has 0 amide bonds. The standard InChI is InChI=1S/C22H25N3O3S/c1-16-6-3-4-13-25(16)29(26,27)20-10-11-21-17(14-20)9-12-22(24-21)23-18-7-5-8-19(15-18)28-2/h5,7-12,14-16H,3-4,6,13H2,1-2H3,(H,23,24)/t16-/m1/s1. The number of ether oxygens (including phenoxy) is 1. The lowest BCUT2D eigenvalue weighted by Gasteiger charge is -2.32. The first-order valence-electron chi connectivity index (χ1n) is 9.81. The fourth-order valence-corrected chi connectivity index (χ4v) is 5.48. The molecule has 1 N–H and O–H groups in total. The highest BCUT2D eigenvalue weighted by atomic mass is 32.2. The third-order valence-corrected chi connectivity index (χ3v) is 7.36. The van der Waals surface area contributed by atoms with Crippen LogP contribution in [0.4, 0.5) is 11.5 Å². The summed E-state index contributed by atoms with van der Waals surface area (Å²) < 4.78 is 33.1. The van der Waals surface area contributed by atoms with Crippen LogP contribution in [0.15, 0.2) is 59.5 Å². The second kappa shape index (κ2) is 8.00. The lowest BCUT2D eigenvalue weighted by Crippen LogP contribution is -2.41. The van der Waals surface area contributed by atoms with Crippen LogP contribution in [-0.4, -0.2) is 37.4 Å². The minimum absolute atomic E-state index is 0.0389. The number of methoxy groups -OCH3 is 1. The van der Waals surface area contributed by atoms with Gasteiger partial charge in [-0.3, -0.25) is 0 Å². The molecule has 1 saturated heterocycles. The van der Waals surface area contributed by atoms with Gasteiger partial charge in [0.15, 0.2) is 0 Å². The predicted molar refractivity (Wildman–Crippen MR) is 115 cm³/mol. The lowest BCUT2D eigenvalue weighted by atomic mass is 10.1. The van der Waals surface area contributed by atoms with E-state index in [9.17, 15) is 8.42 Å². The van der Waals surface area contributed by atoms with Gasteiger partial charge in [-0.25, -0.2) is 13.4 Å². The Kier molecular flexibility index (Phi) is 5.43. The molecule has 0 radical (unpaired) electrons. The molecular formula is C22H25N3O3S. The van der Waals surface area contributed by atoms with Gasteiger partial charge in [0, 0.05) is 29.7 Å². The lowest BCUT2D eigenvalue weighted by molar-refractivity contribution is 0.268. The van der Waals surface area contributed by atoms with Gasteiger partial charge < -0.3 is 10.1 Å². The van der Waals surface area contributed by atoms with E-state index in [0.717, 1.165) is 41.6 Å². The van der Waals surface area contributed by atoms with Gasteiger partial charge in [0.1, 0.15) is 11.6 Å². The molecule has 0 aliphatic carbocycles. The molecule has 6 nitrogen and oxygen atoms in total. The predicted octanol–water partition coefficient (Wildman–Crippen LogP) is 4.55. The molecule has 2 aromatic carbocycles. The van der Waals surface area contributed by atoms with Crippen LogP contribution < -0.4 is 10.1 Å². The van der Waals surface area contributed by atoms with E-state index in [2.05, 4.69) is 10.3 Å². The van der Waals surface area contributed by atoms with Gasteiger partial charge in [-0.05, 0) is 62.2 Å². The number of anilines is 2. The summed E-state index contributed by atoms with van der Waals surface area (Å²) >= 11 is 0. The number of nitrogens with one attached hydrogen (secondary N) is 1. The Labute approximate surface area is 171 Å². The molecule has 0 spiro atoms. The number of aromatic nitrogens is 1. The summed E-state index contributed by atoms with van der Waals surface area (Å²) in [6.45, 7) is 2.57. The number of sulfonamides is 1. The average molecular weight is 412 g/mol. The zero-order valence-corrected chi connectivity index (χ0v) is 17.4. The number of nitrogens with zero attached hydrogens (tertiary/aromatic N) is 2. The van der Waals surface area contributed by atoms with Crippen molar-refractivity contribution in [3.05, 3.63) is 54.6 Å². The first-order chi connectivity index (χ1) is 14.0. The van der Waals surface area contributed by atoms with Crippen LogP contribution >= 0.6 is 0 Å². The Morgan fingerprint density at radius 3 is 2.76 bits per heavy atom. The topological polar surface area (TPSA) is 71.5 Å². The monoisotopic (exact) mass is 411 g/mol. The normalized spacial score (nSPS) is 17.9. The summed E-state index contributed by atoms with van der Waals surface area (Å²) in [7, 11) is -1.86.